The maximum absolute atomic E-state index is 14.3. The van der Waals surface area contributed by atoms with Crippen LogP contribution in [0.25, 0.3) is 0 Å². The lowest BCUT2D eigenvalue weighted by atomic mass is 9.84. The summed E-state index contributed by atoms with van der Waals surface area (Å²) in [7, 11) is 3.78. The molecule has 4 atom stereocenters. The van der Waals surface area contributed by atoms with Gasteiger partial charge < -0.3 is 14.5 Å². The summed E-state index contributed by atoms with van der Waals surface area (Å²) in [6, 6.07) is 2.56. The number of pyridine rings is 1. The molecule has 2 aliphatic carbocycles. The number of carbonyl (C=O) groups is 2. The third-order valence-electron chi connectivity index (χ3n) is 7.86. The van der Waals surface area contributed by atoms with Gasteiger partial charge in [0.05, 0.1) is 25.3 Å². The molecular formula is C24H33FN4O3. The zero-order valence-electron chi connectivity index (χ0n) is 19.0. The number of amides is 2. The predicted octanol–water partition coefficient (Wildman–Crippen LogP) is 2.06. The van der Waals surface area contributed by atoms with Crippen LogP contribution in [0.4, 0.5) is 4.39 Å². The lowest BCUT2D eigenvalue weighted by Gasteiger charge is -2.26. The van der Waals surface area contributed by atoms with Gasteiger partial charge >= 0.3 is 0 Å². The molecule has 4 fully saturated rings. The van der Waals surface area contributed by atoms with E-state index in [0.717, 1.165) is 25.7 Å². The van der Waals surface area contributed by atoms with Gasteiger partial charge in [0.1, 0.15) is 5.82 Å². The summed E-state index contributed by atoms with van der Waals surface area (Å²) in [5.41, 5.74) is 0.605. The van der Waals surface area contributed by atoms with Crippen LogP contribution < -0.4 is 0 Å². The van der Waals surface area contributed by atoms with Crippen molar-refractivity contribution in [3.63, 3.8) is 0 Å². The van der Waals surface area contributed by atoms with Crippen molar-refractivity contribution in [1.29, 1.82) is 0 Å². The van der Waals surface area contributed by atoms with E-state index in [1.54, 1.807) is 12.3 Å². The molecule has 1 aromatic heterocycles. The molecule has 8 heteroatoms. The molecule has 4 aliphatic rings. The largest absolute Gasteiger partial charge is 0.376 e. The van der Waals surface area contributed by atoms with Crippen molar-refractivity contribution in [2.45, 2.75) is 69.3 Å². The van der Waals surface area contributed by atoms with E-state index in [2.05, 4.69) is 9.88 Å². The fourth-order valence-corrected chi connectivity index (χ4v) is 5.56. The summed E-state index contributed by atoms with van der Waals surface area (Å²) in [6.07, 6.45) is 7.80. The maximum atomic E-state index is 14.3. The molecule has 1 aromatic rings. The minimum Gasteiger partial charge on any atom is -0.376 e. The van der Waals surface area contributed by atoms with Crippen LogP contribution in [-0.2, 0) is 20.9 Å². The number of halogens is 1. The Hall–Kier alpha value is -2.06. The van der Waals surface area contributed by atoms with E-state index in [4.69, 9.17) is 4.74 Å². The minimum absolute atomic E-state index is 0.0932. The van der Waals surface area contributed by atoms with Crippen LogP contribution >= 0.6 is 0 Å². The van der Waals surface area contributed by atoms with E-state index in [9.17, 15) is 14.0 Å². The Morgan fingerprint density at radius 2 is 1.78 bits per heavy atom. The average Bonchev–Trinajstić information content (AvgIpc) is 3.70. The van der Waals surface area contributed by atoms with Crippen molar-refractivity contribution in [1.82, 2.24) is 19.7 Å². The van der Waals surface area contributed by atoms with E-state index in [-0.39, 0.29) is 41.6 Å². The highest BCUT2D eigenvalue weighted by molar-refractivity contribution is 5.78. The van der Waals surface area contributed by atoms with Crippen molar-refractivity contribution in [2.75, 3.05) is 27.2 Å². The number of likely N-dealkylation sites (tertiary alicyclic amines) is 1. The number of hydrogen-bond donors (Lipinski definition) is 0. The number of hydrogen-bond acceptors (Lipinski definition) is 5. The third kappa shape index (κ3) is 4.39. The lowest BCUT2D eigenvalue weighted by molar-refractivity contribution is -0.133. The molecule has 32 heavy (non-hydrogen) atoms. The second-order valence-corrected chi connectivity index (χ2v) is 10.1. The van der Waals surface area contributed by atoms with Crippen molar-refractivity contribution in [3.8, 4) is 0 Å². The third-order valence-corrected chi connectivity index (χ3v) is 7.86. The first-order valence-corrected chi connectivity index (χ1v) is 11.9. The van der Waals surface area contributed by atoms with Gasteiger partial charge in [-0.2, -0.15) is 0 Å². The van der Waals surface area contributed by atoms with Crippen molar-refractivity contribution in [2.24, 2.45) is 11.8 Å². The Kier molecular flexibility index (Phi) is 5.92. The fraction of sp³-hybridized carbons (Fsp3) is 0.708. The van der Waals surface area contributed by atoms with E-state index < -0.39 is 0 Å². The number of rotatable bonds is 8. The van der Waals surface area contributed by atoms with Gasteiger partial charge in [0.25, 0.3) is 0 Å². The summed E-state index contributed by atoms with van der Waals surface area (Å²) in [4.78, 5) is 35.6. The van der Waals surface area contributed by atoms with Crippen LogP contribution in [0.5, 0.6) is 0 Å². The number of ether oxygens (including phenoxy) is 1. The van der Waals surface area contributed by atoms with Crippen molar-refractivity contribution in [3.05, 3.63) is 29.8 Å². The summed E-state index contributed by atoms with van der Waals surface area (Å²) in [5.74, 6) is 0.184. The topological polar surface area (TPSA) is 66.0 Å². The first kappa shape index (κ1) is 21.8. The second kappa shape index (κ2) is 8.71. The number of nitrogens with zero attached hydrogens (tertiary/aromatic N) is 4. The minimum atomic E-state index is -0.311. The summed E-state index contributed by atoms with van der Waals surface area (Å²) in [6.45, 7) is 1.70. The Bertz CT molecular complexity index is 875. The molecule has 0 unspecified atom stereocenters. The smallest absolute Gasteiger partial charge is 0.225 e. The zero-order valence-corrected chi connectivity index (χ0v) is 19.0. The highest BCUT2D eigenvalue weighted by atomic mass is 19.1. The quantitative estimate of drug-likeness (QED) is 0.614. The van der Waals surface area contributed by atoms with Gasteiger partial charge in [-0.3, -0.25) is 19.5 Å². The Morgan fingerprint density at radius 1 is 1.12 bits per heavy atom. The zero-order chi connectivity index (χ0) is 22.4. The summed E-state index contributed by atoms with van der Waals surface area (Å²) >= 11 is 0. The first-order valence-electron chi connectivity index (χ1n) is 11.9. The van der Waals surface area contributed by atoms with Crippen molar-refractivity contribution < 1.29 is 18.7 Å². The highest BCUT2D eigenvalue weighted by Crippen LogP contribution is 2.43. The fourth-order valence-electron chi connectivity index (χ4n) is 5.56. The molecular weight excluding hydrogens is 411 g/mol. The molecule has 2 saturated carbocycles. The Labute approximate surface area is 188 Å². The molecule has 2 aliphatic heterocycles. The Morgan fingerprint density at radius 3 is 2.41 bits per heavy atom. The van der Waals surface area contributed by atoms with Gasteiger partial charge in [0.15, 0.2) is 0 Å². The van der Waals surface area contributed by atoms with E-state index in [1.807, 2.05) is 23.9 Å². The van der Waals surface area contributed by atoms with Crippen LogP contribution in [0.3, 0.4) is 0 Å². The van der Waals surface area contributed by atoms with Gasteiger partial charge in [-0.1, -0.05) is 0 Å². The van der Waals surface area contributed by atoms with E-state index >= 15 is 0 Å². The molecule has 0 radical (unpaired) electrons. The summed E-state index contributed by atoms with van der Waals surface area (Å²) in [5, 5.41) is 0. The number of aromatic nitrogens is 1. The van der Waals surface area contributed by atoms with Crippen LogP contribution in [0.1, 0.15) is 44.1 Å². The monoisotopic (exact) mass is 444 g/mol. The summed E-state index contributed by atoms with van der Waals surface area (Å²) < 4.78 is 20.4. The molecule has 5 rings (SSSR count). The normalized spacial score (nSPS) is 29.7. The van der Waals surface area contributed by atoms with Crippen LogP contribution in [0.15, 0.2) is 18.5 Å². The van der Waals surface area contributed by atoms with E-state index in [1.165, 1.54) is 6.20 Å². The Balaban J connectivity index is 1.32. The van der Waals surface area contributed by atoms with Crippen LogP contribution in [-0.4, -0.2) is 83.0 Å². The molecule has 2 amide bonds. The molecule has 2 saturated heterocycles. The van der Waals surface area contributed by atoms with Crippen LogP contribution in [0, 0.1) is 17.7 Å². The molecule has 0 spiro atoms. The molecule has 0 aromatic carbocycles. The average molecular weight is 445 g/mol. The lowest BCUT2D eigenvalue weighted by Crippen LogP contribution is -2.37. The standard InChI is InChI=1S/C24H33FN4O3/c1-27(17-3-4-17)22(30)9-16-13-29(12-15-7-8-26-11-19(15)25)20-14-32-21(24(16)20)10-23(31)28(2)18-5-6-18/h7-8,11,16-18,20-21,24H,3-6,9-10,12-14H2,1-2H3/t16-,20-,21+,24-/m1/s1. The molecule has 7 nitrogen and oxygen atoms in total. The van der Waals surface area contributed by atoms with Gasteiger partial charge in [-0.25, -0.2) is 4.39 Å². The first-order chi connectivity index (χ1) is 15.4. The second-order valence-electron chi connectivity index (χ2n) is 10.1. The molecule has 0 bridgehead atoms. The van der Waals surface area contributed by atoms with Crippen LogP contribution in [0.2, 0.25) is 0 Å². The van der Waals surface area contributed by atoms with E-state index in [0.29, 0.717) is 50.2 Å². The molecule has 0 N–H and O–H groups in total. The number of carbonyl (C=O) groups excluding carboxylic acids is 2. The molecule has 174 valence electrons. The van der Waals surface area contributed by atoms with Gasteiger partial charge in [0.2, 0.25) is 11.8 Å². The number of fused-ring (bicyclic) bond motifs is 1. The van der Waals surface area contributed by atoms with Gasteiger partial charge in [-0.15, -0.1) is 0 Å². The predicted molar refractivity (Wildman–Crippen MR) is 116 cm³/mol. The molecule has 3 heterocycles. The maximum Gasteiger partial charge on any atom is 0.225 e. The highest BCUT2D eigenvalue weighted by Gasteiger charge is 2.52. The van der Waals surface area contributed by atoms with Crippen molar-refractivity contribution >= 4 is 11.8 Å². The van der Waals surface area contributed by atoms with Gasteiger partial charge in [0, 0.05) is 69.4 Å². The van der Waals surface area contributed by atoms with Gasteiger partial charge in [-0.05, 0) is 37.7 Å². The SMILES string of the molecule is CN(C(=O)C[C@@H]1CN(Cc2ccncc2F)[C@@H]2CO[C@@H](CC(=O)N(C)C3CC3)[C@H]12)C1CC1.